The Morgan fingerprint density at radius 2 is 2.43 bits per heavy atom. The lowest BCUT2D eigenvalue weighted by Crippen LogP contribution is -2.23. The molecule has 0 atom stereocenters. The molecule has 7 nitrogen and oxygen atoms in total. The Hall–Kier alpha value is -1.92. The Labute approximate surface area is 80.7 Å². The first-order chi connectivity index (χ1) is 6.83. The topological polar surface area (TPSA) is 84.9 Å². The third-order valence-electron chi connectivity index (χ3n) is 1.53. The summed E-state index contributed by atoms with van der Waals surface area (Å²) in [4.78, 5) is 8.37. The number of oxime groups is 2. The molecular weight excluding hydrogens is 186 g/mol. The van der Waals surface area contributed by atoms with E-state index in [0.717, 1.165) is 0 Å². The van der Waals surface area contributed by atoms with Gasteiger partial charge in [-0.3, -0.25) is 0 Å². The van der Waals surface area contributed by atoms with Gasteiger partial charge in [0.1, 0.15) is 25.5 Å². The second kappa shape index (κ2) is 4.95. The Morgan fingerprint density at radius 3 is 2.86 bits per heavy atom. The average molecular weight is 197 g/mol. The van der Waals surface area contributed by atoms with E-state index in [1.807, 2.05) is 6.92 Å². The van der Waals surface area contributed by atoms with Gasteiger partial charge in [0.2, 0.25) is 5.84 Å². The fourth-order valence-electron chi connectivity index (χ4n) is 0.904. The maximum atomic E-state index is 8.71. The molecule has 1 rings (SSSR count). The van der Waals surface area contributed by atoms with Crippen molar-refractivity contribution in [3.05, 3.63) is 12.7 Å². The van der Waals surface area contributed by atoms with Crippen LogP contribution in [-0.4, -0.2) is 38.6 Å². The highest BCUT2D eigenvalue weighted by Gasteiger charge is 2.11. The van der Waals surface area contributed by atoms with Crippen LogP contribution in [-0.2, 0) is 4.84 Å². The summed E-state index contributed by atoms with van der Waals surface area (Å²) in [6.07, 6.45) is 3.31. The van der Waals surface area contributed by atoms with Gasteiger partial charge in [-0.2, -0.15) is 9.78 Å². The molecule has 0 bridgehead atoms. The number of aromatic nitrogens is 3. The van der Waals surface area contributed by atoms with Crippen LogP contribution >= 0.6 is 0 Å². The van der Waals surface area contributed by atoms with E-state index in [4.69, 9.17) is 5.21 Å². The van der Waals surface area contributed by atoms with Gasteiger partial charge in [-0.1, -0.05) is 17.2 Å². The van der Waals surface area contributed by atoms with Crippen LogP contribution in [0.2, 0.25) is 0 Å². The van der Waals surface area contributed by atoms with Crippen LogP contribution in [0, 0.1) is 0 Å². The summed E-state index contributed by atoms with van der Waals surface area (Å²) >= 11 is 0. The molecule has 0 aliphatic carbocycles. The van der Waals surface area contributed by atoms with Crippen molar-refractivity contribution in [2.75, 3.05) is 7.11 Å². The molecule has 76 valence electrons. The lowest BCUT2D eigenvalue weighted by molar-refractivity contribution is 0.212. The van der Waals surface area contributed by atoms with E-state index in [0.29, 0.717) is 18.0 Å². The zero-order chi connectivity index (χ0) is 10.4. The molecule has 0 spiro atoms. The van der Waals surface area contributed by atoms with E-state index in [1.54, 1.807) is 0 Å². The fourth-order valence-corrected chi connectivity index (χ4v) is 0.904. The highest BCUT2D eigenvalue weighted by Crippen LogP contribution is 1.94. The van der Waals surface area contributed by atoms with E-state index in [1.165, 1.54) is 24.4 Å². The molecule has 0 aromatic carbocycles. The lowest BCUT2D eigenvalue weighted by Gasteiger charge is -2.03. The number of nitrogens with zero attached hydrogens (tertiary/aromatic N) is 5. The highest BCUT2D eigenvalue weighted by atomic mass is 16.6. The van der Waals surface area contributed by atoms with E-state index in [9.17, 15) is 0 Å². The Kier molecular flexibility index (Phi) is 3.59. The van der Waals surface area contributed by atoms with Gasteiger partial charge in [0.15, 0.2) is 0 Å². The summed E-state index contributed by atoms with van der Waals surface area (Å²) in [6, 6.07) is 0. The average Bonchev–Trinajstić information content (AvgIpc) is 2.71. The van der Waals surface area contributed by atoms with E-state index in [2.05, 4.69) is 25.2 Å². The van der Waals surface area contributed by atoms with Crippen LogP contribution in [0.4, 0.5) is 0 Å². The van der Waals surface area contributed by atoms with Gasteiger partial charge in [0, 0.05) is 0 Å². The summed E-state index contributed by atoms with van der Waals surface area (Å²) in [7, 11) is 1.40. The second-order valence-corrected chi connectivity index (χ2v) is 2.34. The zero-order valence-corrected chi connectivity index (χ0v) is 7.95. The Balaban J connectivity index is 3.03. The smallest absolute Gasteiger partial charge is 0.219 e. The van der Waals surface area contributed by atoms with Crippen molar-refractivity contribution in [2.24, 2.45) is 10.3 Å². The van der Waals surface area contributed by atoms with Gasteiger partial charge in [0.25, 0.3) is 0 Å². The molecule has 0 aliphatic heterocycles. The maximum absolute atomic E-state index is 8.71. The minimum atomic E-state index is 0.315. The molecule has 0 fully saturated rings. The summed E-state index contributed by atoms with van der Waals surface area (Å²) < 4.78 is 1.36. The predicted octanol–water partition coefficient (Wildman–Crippen LogP) is 0.326. The van der Waals surface area contributed by atoms with Crippen molar-refractivity contribution in [3.63, 3.8) is 0 Å². The van der Waals surface area contributed by atoms with Gasteiger partial charge >= 0.3 is 0 Å². The second-order valence-electron chi connectivity index (χ2n) is 2.34. The summed E-state index contributed by atoms with van der Waals surface area (Å²) in [5.74, 6) is 0.315. The van der Waals surface area contributed by atoms with Crippen LogP contribution < -0.4 is 0 Å². The first-order valence-corrected chi connectivity index (χ1v) is 4.01. The van der Waals surface area contributed by atoms with Crippen molar-refractivity contribution in [2.45, 2.75) is 13.3 Å². The van der Waals surface area contributed by atoms with Crippen molar-refractivity contribution in [1.29, 1.82) is 0 Å². The SMILES string of the molecule is CCC(=NO)C(=NOC)n1cncn1. The molecule has 0 saturated carbocycles. The molecule has 1 heterocycles. The normalized spacial score (nSPS) is 13.0. The first-order valence-electron chi connectivity index (χ1n) is 4.01. The van der Waals surface area contributed by atoms with Gasteiger partial charge in [-0.25, -0.2) is 4.98 Å². The van der Waals surface area contributed by atoms with Crippen LogP contribution in [0.15, 0.2) is 23.0 Å². The monoisotopic (exact) mass is 197 g/mol. The molecule has 14 heavy (non-hydrogen) atoms. The molecule has 1 aromatic rings. The number of hydrogen-bond acceptors (Lipinski definition) is 6. The third-order valence-corrected chi connectivity index (χ3v) is 1.53. The summed E-state index contributed by atoms with van der Waals surface area (Å²) in [5, 5.41) is 19.4. The molecular formula is C7H11N5O2. The predicted molar refractivity (Wildman–Crippen MR) is 49.4 cm³/mol. The van der Waals surface area contributed by atoms with Gasteiger partial charge in [0.05, 0.1) is 0 Å². The van der Waals surface area contributed by atoms with Crippen LogP contribution in [0.5, 0.6) is 0 Å². The summed E-state index contributed by atoms with van der Waals surface area (Å²) in [6.45, 7) is 1.83. The molecule has 0 radical (unpaired) electrons. The molecule has 0 aliphatic rings. The largest absolute Gasteiger partial charge is 0.411 e. The van der Waals surface area contributed by atoms with Crippen LogP contribution in [0.25, 0.3) is 0 Å². The lowest BCUT2D eigenvalue weighted by atomic mass is 10.3. The van der Waals surface area contributed by atoms with Crippen LogP contribution in [0.3, 0.4) is 0 Å². The minimum Gasteiger partial charge on any atom is -0.411 e. The maximum Gasteiger partial charge on any atom is 0.219 e. The zero-order valence-electron chi connectivity index (χ0n) is 7.95. The fraction of sp³-hybridized carbons (Fsp3) is 0.429. The summed E-state index contributed by atoms with van der Waals surface area (Å²) in [5.41, 5.74) is 0.373. The molecule has 1 aromatic heterocycles. The van der Waals surface area contributed by atoms with Gasteiger partial charge in [-0.15, -0.1) is 0 Å². The van der Waals surface area contributed by atoms with Crippen molar-refractivity contribution >= 4 is 11.5 Å². The quantitative estimate of drug-likeness (QED) is 0.327. The van der Waals surface area contributed by atoms with Gasteiger partial charge < -0.3 is 10.0 Å². The first kappa shape index (κ1) is 10.2. The number of rotatable bonds is 3. The van der Waals surface area contributed by atoms with E-state index in [-0.39, 0.29) is 0 Å². The number of hydrogen-bond donors (Lipinski definition) is 1. The van der Waals surface area contributed by atoms with Crippen LogP contribution in [0.1, 0.15) is 13.3 Å². The third kappa shape index (κ3) is 2.06. The molecule has 0 amide bonds. The van der Waals surface area contributed by atoms with E-state index >= 15 is 0 Å². The Morgan fingerprint density at radius 1 is 1.64 bits per heavy atom. The van der Waals surface area contributed by atoms with Crippen molar-refractivity contribution in [3.8, 4) is 0 Å². The Bertz CT molecular complexity index is 330. The molecule has 1 N–H and O–H groups in total. The molecule has 0 unspecified atom stereocenters. The standard InChI is InChI=1S/C7H11N5O2/c1-3-6(10-13)7(11-14-2)12-5-8-4-9-12/h4-5,13H,3H2,1-2H3. The highest BCUT2D eigenvalue weighted by molar-refractivity contribution is 6.41. The van der Waals surface area contributed by atoms with Crippen molar-refractivity contribution in [1.82, 2.24) is 14.8 Å². The minimum absolute atomic E-state index is 0.315. The molecule has 0 saturated heterocycles. The van der Waals surface area contributed by atoms with Crippen molar-refractivity contribution < 1.29 is 10.0 Å². The van der Waals surface area contributed by atoms with E-state index < -0.39 is 0 Å². The van der Waals surface area contributed by atoms with Gasteiger partial charge in [-0.05, 0) is 6.42 Å². The molecule has 7 heteroatoms.